The monoisotopic (exact) mass is 396 g/mol. The van der Waals surface area contributed by atoms with Gasteiger partial charge in [0.15, 0.2) is 5.82 Å². The molecule has 0 spiro atoms. The number of rotatable bonds is 5. The molecular formula is C20H24N6OS. The second-order valence-electron chi connectivity index (χ2n) is 7.72. The van der Waals surface area contributed by atoms with E-state index in [0.717, 1.165) is 42.5 Å². The van der Waals surface area contributed by atoms with E-state index >= 15 is 0 Å². The quantitative estimate of drug-likeness (QED) is 0.664. The molecule has 1 saturated carbocycles. The molecule has 5 rings (SSSR count). The lowest BCUT2D eigenvalue weighted by Gasteiger charge is -2.27. The average Bonchev–Trinajstić information content (AvgIpc) is 3.08. The molecule has 1 amide bonds. The number of amides is 1. The van der Waals surface area contributed by atoms with Gasteiger partial charge >= 0.3 is 0 Å². The van der Waals surface area contributed by atoms with Crippen LogP contribution in [0.2, 0.25) is 0 Å². The van der Waals surface area contributed by atoms with E-state index < -0.39 is 0 Å². The molecule has 4 heterocycles. The maximum Gasteiger partial charge on any atom is 0.273 e. The normalized spacial score (nSPS) is 16.4. The first-order valence-electron chi connectivity index (χ1n) is 9.94. The minimum absolute atomic E-state index is 0.000369. The van der Waals surface area contributed by atoms with Crippen molar-refractivity contribution < 1.29 is 4.79 Å². The van der Waals surface area contributed by atoms with E-state index in [1.54, 1.807) is 5.51 Å². The van der Waals surface area contributed by atoms with Crippen molar-refractivity contribution in [1.29, 1.82) is 0 Å². The third-order valence-corrected chi connectivity index (χ3v) is 6.36. The van der Waals surface area contributed by atoms with Crippen molar-refractivity contribution in [3.8, 4) is 11.5 Å². The van der Waals surface area contributed by atoms with E-state index in [4.69, 9.17) is 10.1 Å². The van der Waals surface area contributed by atoms with Gasteiger partial charge in [-0.2, -0.15) is 5.10 Å². The van der Waals surface area contributed by atoms with Gasteiger partial charge in [0.1, 0.15) is 11.4 Å². The van der Waals surface area contributed by atoms with Crippen LogP contribution in [0.25, 0.3) is 11.5 Å². The molecule has 0 saturated heterocycles. The molecule has 3 aromatic heterocycles. The lowest BCUT2D eigenvalue weighted by atomic mass is 10.0. The minimum Gasteiger partial charge on any atom is -0.332 e. The van der Waals surface area contributed by atoms with Gasteiger partial charge in [0.25, 0.3) is 5.91 Å². The molecule has 3 aromatic rings. The Hall–Kier alpha value is -2.48. The van der Waals surface area contributed by atoms with Crippen LogP contribution in [0.3, 0.4) is 0 Å². The van der Waals surface area contributed by atoms with Crippen LogP contribution in [0.4, 0.5) is 0 Å². The Bertz CT molecular complexity index is 1010. The maximum absolute atomic E-state index is 12.8. The number of imidazole rings is 1. The van der Waals surface area contributed by atoms with Gasteiger partial charge in [-0.3, -0.25) is 9.48 Å². The number of aryl methyl sites for hydroxylation is 2. The molecule has 0 aromatic carbocycles. The van der Waals surface area contributed by atoms with Crippen molar-refractivity contribution in [2.45, 2.75) is 52.7 Å². The number of carbonyl (C=O) groups is 1. The van der Waals surface area contributed by atoms with Gasteiger partial charge in [-0.05, 0) is 32.6 Å². The van der Waals surface area contributed by atoms with Crippen molar-refractivity contribution in [2.24, 2.45) is 5.92 Å². The zero-order valence-electron chi connectivity index (χ0n) is 16.3. The van der Waals surface area contributed by atoms with Crippen molar-refractivity contribution in [1.82, 2.24) is 29.2 Å². The van der Waals surface area contributed by atoms with Gasteiger partial charge in [-0.15, -0.1) is 11.3 Å². The third-order valence-electron chi connectivity index (χ3n) is 5.78. The lowest BCUT2D eigenvalue weighted by molar-refractivity contribution is 0.0728. The van der Waals surface area contributed by atoms with Gasteiger partial charge in [0.2, 0.25) is 0 Å². The van der Waals surface area contributed by atoms with E-state index in [-0.39, 0.29) is 5.91 Å². The Balaban J connectivity index is 1.53. The molecule has 1 aliphatic carbocycles. The van der Waals surface area contributed by atoms with Crippen LogP contribution < -0.4 is 0 Å². The predicted molar refractivity (Wildman–Crippen MR) is 107 cm³/mol. The van der Waals surface area contributed by atoms with E-state index in [1.165, 1.54) is 35.6 Å². The van der Waals surface area contributed by atoms with Gasteiger partial charge in [-0.1, -0.05) is 0 Å². The van der Waals surface area contributed by atoms with E-state index in [2.05, 4.69) is 28.1 Å². The Morgan fingerprint density at radius 1 is 1.32 bits per heavy atom. The highest BCUT2D eigenvalue weighted by Crippen LogP contribution is 2.35. The molecule has 0 unspecified atom stereocenters. The fourth-order valence-corrected chi connectivity index (χ4v) is 4.55. The lowest BCUT2D eigenvalue weighted by Crippen LogP contribution is -2.36. The number of thiazole rings is 1. The van der Waals surface area contributed by atoms with Crippen LogP contribution in [0.1, 0.15) is 47.2 Å². The highest BCUT2D eigenvalue weighted by Gasteiger charge is 2.31. The zero-order valence-corrected chi connectivity index (χ0v) is 17.1. The van der Waals surface area contributed by atoms with E-state index in [0.29, 0.717) is 18.8 Å². The molecule has 0 N–H and O–H groups in total. The number of nitrogens with zero attached hydrogens (tertiary/aromatic N) is 6. The molecule has 146 valence electrons. The van der Waals surface area contributed by atoms with Crippen LogP contribution in [0.5, 0.6) is 0 Å². The molecule has 1 aliphatic heterocycles. The minimum atomic E-state index is -0.000369. The fourth-order valence-electron chi connectivity index (χ4n) is 4.02. The van der Waals surface area contributed by atoms with E-state index in [9.17, 15) is 4.79 Å². The second-order valence-corrected chi connectivity index (χ2v) is 8.44. The van der Waals surface area contributed by atoms with Crippen LogP contribution >= 0.6 is 11.3 Å². The summed E-state index contributed by atoms with van der Waals surface area (Å²) in [5, 5.41) is 6.74. The number of hydrogen-bond donors (Lipinski definition) is 0. The van der Waals surface area contributed by atoms with Gasteiger partial charge in [0, 0.05) is 54.6 Å². The molecule has 0 bridgehead atoms. The third kappa shape index (κ3) is 2.96. The summed E-state index contributed by atoms with van der Waals surface area (Å²) in [5.74, 6) is 1.70. The first kappa shape index (κ1) is 17.6. The van der Waals surface area contributed by atoms with Crippen LogP contribution in [0, 0.1) is 12.8 Å². The van der Waals surface area contributed by atoms with Crippen molar-refractivity contribution >= 4 is 17.2 Å². The number of carbonyl (C=O) groups excluding carboxylic acids is 1. The summed E-state index contributed by atoms with van der Waals surface area (Å²) in [4.78, 5) is 23.6. The predicted octanol–water partition coefficient (Wildman–Crippen LogP) is 3.14. The summed E-state index contributed by atoms with van der Waals surface area (Å²) in [6.45, 7) is 7.33. The van der Waals surface area contributed by atoms with Crippen LogP contribution in [-0.2, 0) is 26.1 Å². The standard InChI is InChI=1S/C20H24N6OS/c1-3-26-17-6-7-24(20(27)16-11-28-12-22-16)10-15(17)18(23-26)19-21-8-13(2)25(19)9-14-4-5-14/h8,11-12,14H,3-7,9-10H2,1-2H3. The first-order chi connectivity index (χ1) is 13.7. The summed E-state index contributed by atoms with van der Waals surface area (Å²) in [6.07, 6.45) is 5.35. The van der Waals surface area contributed by atoms with Gasteiger partial charge < -0.3 is 9.47 Å². The Morgan fingerprint density at radius 2 is 2.18 bits per heavy atom. The van der Waals surface area contributed by atoms with Crippen molar-refractivity contribution in [2.75, 3.05) is 6.54 Å². The molecule has 0 atom stereocenters. The molecule has 7 nitrogen and oxygen atoms in total. The molecule has 28 heavy (non-hydrogen) atoms. The highest BCUT2D eigenvalue weighted by atomic mass is 32.1. The largest absolute Gasteiger partial charge is 0.332 e. The fraction of sp³-hybridized carbons (Fsp3) is 0.500. The summed E-state index contributed by atoms with van der Waals surface area (Å²) in [7, 11) is 0. The number of hydrogen-bond acceptors (Lipinski definition) is 5. The van der Waals surface area contributed by atoms with E-state index in [1.807, 2.05) is 16.5 Å². The molecule has 0 radical (unpaired) electrons. The van der Waals surface area contributed by atoms with Gasteiger partial charge in [-0.25, -0.2) is 9.97 Å². The Morgan fingerprint density at radius 3 is 2.89 bits per heavy atom. The summed E-state index contributed by atoms with van der Waals surface area (Å²) < 4.78 is 4.39. The Labute approximate surface area is 168 Å². The molecular weight excluding hydrogens is 372 g/mol. The SMILES string of the molecule is CCn1nc(-c2ncc(C)n2CC2CC2)c2c1CCN(C(=O)c1cscn1)C2. The number of fused-ring (bicyclic) bond motifs is 1. The zero-order chi connectivity index (χ0) is 19.3. The number of aromatic nitrogens is 5. The average molecular weight is 397 g/mol. The molecule has 2 aliphatic rings. The topological polar surface area (TPSA) is 68.8 Å². The maximum atomic E-state index is 12.8. The molecule has 8 heteroatoms. The summed E-state index contributed by atoms with van der Waals surface area (Å²) in [6, 6.07) is 0. The van der Waals surface area contributed by atoms with Crippen LogP contribution in [-0.4, -0.2) is 41.7 Å². The highest BCUT2D eigenvalue weighted by molar-refractivity contribution is 7.07. The van der Waals surface area contributed by atoms with Gasteiger partial charge in [0.05, 0.1) is 12.1 Å². The molecule has 1 fully saturated rings. The summed E-state index contributed by atoms with van der Waals surface area (Å²) in [5.41, 5.74) is 6.72. The Kier molecular flexibility index (Phi) is 4.30. The van der Waals surface area contributed by atoms with Crippen molar-refractivity contribution in [3.63, 3.8) is 0 Å². The van der Waals surface area contributed by atoms with Crippen molar-refractivity contribution in [3.05, 3.63) is 39.7 Å². The second kappa shape index (κ2) is 6.84. The first-order valence-corrected chi connectivity index (χ1v) is 10.9. The smallest absolute Gasteiger partial charge is 0.273 e. The van der Waals surface area contributed by atoms with Crippen LogP contribution in [0.15, 0.2) is 17.1 Å². The summed E-state index contributed by atoms with van der Waals surface area (Å²) >= 11 is 1.45.